The third-order valence-corrected chi connectivity index (χ3v) is 2.31. The summed E-state index contributed by atoms with van der Waals surface area (Å²) >= 11 is 0. The largest absolute Gasteiger partial charge is 0.494 e. The number of rotatable bonds is 6. The van der Waals surface area contributed by atoms with Crippen molar-refractivity contribution in [2.24, 2.45) is 5.73 Å². The fourth-order valence-corrected chi connectivity index (χ4v) is 1.46. The monoisotopic (exact) mass is 254 g/mol. The molecule has 3 N–H and O–H groups in total. The number of non-ortho nitro benzene ring substituents is 1. The molecule has 98 valence electrons. The molecule has 0 fully saturated rings. The van der Waals surface area contributed by atoms with E-state index < -0.39 is 16.9 Å². The van der Waals surface area contributed by atoms with Crippen LogP contribution in [0.15, 0.2) is 18.2 Å². The van der Waals surface area contributed by atoms with Gasteiger partial charge in [-0.2, -0.15) is 0 Å². The molecule has 1 atom stereocenters. The lowest BCUT2D eigenvalue weighted by molar-refractivity contribution is -0.384. The number of nitrogens with zero attached hydrogens (tertiary/aromatic N) is 1. The van der Waals surface area contributed by atoms with Crippen LogP contribution < -0.4 is 10.5 Å². The number of aliphatic carboxylic acids is 1. The maximum Gasteiger partial charge on any atom is 0.320 e. The number of hydrogen-bond acceptors (Lipinski definition) is 5. The fraction of sp³-hybridized carbons (Fsp3) is 0.364. The minimum atomic E-state index is -1.16. The molecule has 0 aliphatic rings. The smallest absolute Gasteiger partial charge is 0.320 e. The lowest BCUT2D eigenvalue weighted by atomic mass is 10.0. The maximum absolute atomic E-state index is 10.7. The van der Waals surface area contributed by atoms with Crippen molar-refractivity contribution in [3.05, 3.63) is 33.9 Å². The van der Waals surface area contributed by atoms with Crippen molar-refractivity contribution in [3.63, 3.8) is 0 Å². The zero-order chi connectivity index (χ0) is 13.7. The highest BCUT2D eigenvalue weighted by molar-refractivity contribution is 5.73. The molecule has 0 bridgehead atoms. The molecule has 7 nitrogen and oxygen atoms in total. The number of nitro benzene ring substituents is 1. The summed E-state index contributed by atoms with van der Waals surface area (Å²) in [7, 11) is 0. The first-order valence-electron chi connectivity index (χ1n) is 5.34. The molecular weight excluding hydrogens is 240 g/mol. The minimum absolute atomic E-state index is 0.0215. The second-order valence-electron chi connectivity index (χ2n) is 3.63. The Balaban J connectivity index is 3.06. The highest BCUT2D eigenvalue weighted by atomic mass is 16.6. The number of hydrogen-bond donors (Lipinski definition) is 2. The Morgan fingerprint density at radius 2 is 2.28 bits per heavy atom. The first kappa shape index (κ1) is 13.9. The van der Waals surface area contributed by atoms with E-state index in [9.17, 15) is 14.9 Å². The molecule has 0 amide bonds. The summed E-state index contributed by atoms with van der Waals surface area (Å²) in [4.78, 5) is 20.8. The molecule has 0 aliphatic carbocycles. The van der Waals surface area contributed by atoms with Gasteiger partial charge in [0.15, 0.2) is 0 Å². The van der Waals surface area contributed by atoms with Gasteiger partial charge in [-0.3, -0.25) is 14.9 Å². The topological polar surface area (TPSA) is 116 Å². The lowest BCUT2D eigenvalue weighted by Gasteiger charge is -2.12. The molecule has 0 unspecified atom stereocenters. The number of nitrogens with two attached hydrogens (primary N) is 1. The van der Waals surface area contributed by atoms with Crippen LogP contribution in [-0.4, -0.2) is 28.6 Å². The number of carboxylic acid groups (broad SMARTS) is 1. The molecule has 1 aromatic rings. The number of nitro groups is 1. The van der Waals surface area contributed by atoms with E-state index in [-0.39, 0.29) is 12.1 Å². The highest BCUT2D eigenvalue weighted by Gasteiger charge is 2.18. The van der Waals surface area contributed by atoms with E-state index in [4.69, 9.17) is 15.6 Å². The number of ether oxygens (including phenoxy) is 1. The Morgan fingerprint density at radius 3 is 2.78 bits per heavy atom. The second-order valence-corrected chi connectivity index (χ2v) is 3.63. The predicted octanol–water partition coefficient (Wildman–Crippen LogP) is 0.948. The summed E-state index contributed by atoms with van der Waals surface area (Å²) in [6.07, 6.45) is -0.0215. The van der Waals surface area contributed by atoms with E-state index in [0.29, 0.717) is 17.9 Å². The van der Waals surface area contributed by atoms with Crippen molar-refractivity contribution in [1.82, 2.24) is 0 Å². The predicted molar refractivity (Wildman–Crippen MR) is 63.6 cm³/mol. The molecule has 1 rings (SSSR count). The third kappa shape index (κ3) is 3.42. The van der Waals surface area contributed by atoms with Crippen LogP contribution in [0, 0.1) is 10.1 Å². The van der Waals surface area contributed by atoms with Crippen molar-refractivity contribution in [1.29, 1.82) is 0 Å². The van der Waals surface area contributed by atoms with Crippen LogP contribution in [0.4, 0.5) is 5.69 Å². The third-order valence-electron chi connectivity index (χ3n) is 2.31. The minimum Gasteiger partial charge on any atom is -0.494 e. The van der Waals surface area contributed by atoms with Gasteiger partial charge in [0.1, 0.15) is 11.8 Å². The van der Waals surface area contributed by atoms with Crippen LogP contribution in [0.5, 0.6) is 5.75 Å². The summed E-state index contributed by atoms with van der Waals surface area (Å²) in [5.74, 6) is -0.747. The summed E-state index contributed by atoms with van der Waals surface area (Å²) in [5, 5.41) is 19.4. The standard InChI is InChI=1S/C11H14N2O5/c1-2-18-10-4-3-8(13(16)17)5-7(10)6-9(12)11(14)15/h3-5,9H,2,6,12H2,1H3,(H,14,15)/t9-/m0/s1. The van der Waals surface area contributed by atoms with E-state index in [0.717, 1.165) is 0 Å². The number of carbonyl (C=O) groups is 1. The Hall–Kier alpha value is -2.15. The van der Waals surface area contributed by atoms with E-state index >= 15 is 0 Å². The number of carboxylic acids is 1. The lowest BCUT2D eigenvalue weighted by Crippen LogP contribution is -2.32. The Kier molecular flexibility index (Phi) is 4.61. The van der Waals surface area contributed by atoms with Crippen LogP contribution >= 0.6 is 0 Å². The quantitative estimate of drug-likeness (QED) is 0.576. The number of benzene rings is 1. The van der Waals surface area contributed by atoms with Gasteiger partial charge in [0.05, 0.1) is 11.5 Å². The van der Waals surface area contributed by atoms with Gasteiger partial charge in [0.25, 0.3) is 5.69 Å². The summed E-state index contributed by atoms with van der Waals surface area (Å²) in [6, 6.07) is 2.92. The van der Waals surface area contributed by atoms with Gasteiger partial charge in [-0.15, -0.1) is 0 Å². The first-order valence-corrected chi connectivity index (χ1v) is 5.34. The van der Waals surface area contributed by atoms with Gasteiger partial charge in [-0.1, -0.05) is 0 Å². The van der Waals surface area contributed by atoms with Crippen molar-refractivity contribution in [2.45, 2.75) is 19.4 Å². The van der Waals surface area contributed by atoms with Crippen molar-refractivity contribution in [2.75, 3.05) is 6.61 Å². The SMILES string of the molecule is CCOc1ccc([N+](=O)[O-])cc1C[C@H](N)C(=O)O. The average Bonchev–Trinajstić information content (AvgIpc) is 2.31. The van der Waals surface area contributed by atoms with Crippen molar-refractivity contribution >= 4 is 11.7 Å². The molecule has 18 heavy (non-hydrogen) atoms. The molecule has 1 aromatic carbocycles. The maximum atomic E-state index is 10.7. The molecular formula is C11H14N2O5. The first-order chi connectivity index (χ1) is 8.45. The van der Waals surface area contributed by atoms with Gasteiger partial charge in [-0.25, -0.2) is 0 Å². The molecule has 0 heterocycles. The summed E-state index contributed by atoms with van der Waals surface area (Å²) in [6.45, 7) is 2.15. The fourth-order valence-electron chi connectivity index (χ4n) is 1.46. The Morgan fingerprint density at radius 1 is 1.61 bits per heavy atom. The van der Waals surface area contributed by atoms with Crippen molar-refractivity contribution in [3.8, 4) is 5.75 Å². The van der Waals surface area contributed by atoms with Gasteiger partial charge < -0.3 is 15.6 Å². The van der Waals surface area contributed by atoms with Gasteiger partial charge in [-0.05, 0) is 13.0 Å². The molecule has 0 radical (unpaired) electrons. The molecule has 0 saturated heterocycles. The van der Waals surface area contributed by atoms with Crippen LogP contribution in [0.3, 0.4) is 0 Å². The zero-order valence-electron chi connectivity index (χ0n) is 9.83. The molecule has 0 spiro atoms. The normalized spacial score (nSPS) is 11.9. The van der Waals surface area contributed by atoms with E-state index in [2.05, 4.69) is 0 Å². The highest BCUT2D eigenvalue weighted by Crippen LogP contribution is 2.25. The van der Waals surface area contributed by atoms with E-state index in [1.54, 1.807) is 6.92 Å². The van der Waals surface area contributed by atoms with Crippen molar-refractivity contribution < 1.29 is 19.6 Å². The zero-order valence-corrected chi connectivity index (χ0v) is 9.83. The average molecular weight is 254 g/mol. The second kappa shape index (κ2) is 5.97. The molecule has 0 aromatic heterocycles. The van der Waals surface area contributed by atoms with Crippen LogP contribution in [0.1, 0.15) is 12.5 Å². The molecule has 0 saturated carbocycles. The Labute approximate surface area is 103 Å². The Bertz CT molecular complexity index is 461. The van der Waals surface area contributed by atoms with E-state index in [1.807, 2.05) is 0 Å². The van der Waals surface area contributed by atoms with Gasteiger partial charge in [0, 0.05) is 24.1 Å². The van der Waals surface area contributed by atoms with Gasteiger partial charge >= 0.3 is 5.97 Å². The molecule has 7 heteroatoms. The van der Waals surface area contributed by atoms with Crippen LogP contribution in [-0.2, 0) is 11.2 Å². The molecule has 0 aliphatic heterocycles. The van der Waals surface area contributed by atoms with E-state index in [1.165, 1.54) is 18.2 Å². The summed E-state index contributed by atoms with van der Waals surface area (Å²) in [5.41, 5.74) is 5.71. The van der Waals surface area contributed by atoms with Gasteiger partial charge in [0.2, 0.25) is 0 Å². The summed E-state index contributed by atoms with van der Waals surface area (Å²) < 4.78 is 5.28. The van der Waals surface area contributed by atoms with Crippen LogP contribution in [0.25, 0.3) is 0 Å². The van der Waals surface area contributed by atoms with Crippen LogP contribution in [0.2, 0.25) is 0 Å².